The molecule has 3 aromatic rings. The molecule has 1 atom stereocenters. The van der Waals surface area contributed by atoms with Gasteiger partial charge in [0.2, 0.25) is 0 Å². The van der Waals surface area contributed by atoms with Gasteiger partial charge in [-0.05, 0) is 36.4 Å². The van der Waals surface area contributed by atoms with Crippen LogP contribution in [-0.4, -0.2) is 15.8 Å². The fraction of sp³-hybridized carbons (Fsp3) is 0.0952. The summed E-state index contributed by atoms with van der Waals surface area (Å²) >= 11 is 7.99. The van der Waals surface area contributed by atoms with E-state index in [9.17, 15) is 18.0 Å². The molecule has 2 N–H and O–H groups in total. The second kappa shape index (κ2) is 8.93. The van der Waals surface area contributed by atoms with Crippen LogP contribution in [0.25, 0.3) is 0 Å². The van der Waals surface area contributed by atoms with E-state index < -0.39 is 16.6 Å². The molecule has 0 saturated carbocycles. The molecule has 4 nitrogen and oxygen atoms in total. The van der Waals surface area contributed by atoms with E-state index in [4.69, 9.17) is 22.7 Å². The van der Waals surface area contributed by atoms with Crippen molar-refractivity contribution < 1.29 is 22.7 Å². The standard InChI is InChI=1S/C15H8BrF3O2.C6H6N2S/c16-13-9-3-1-2-4-11(9)21-12-7-8(15(17,18)19)5-6-10(12)14(13)20;7-6(9)5-1-3-8-4-2-5/h1-7,13H;1-4H,(H2,7,9). The predicted molar refractivity (Wildman–Crippen MR) is 114 cm³/mol. The van der Waals surface area contributed by atoms with Crippen LogP contribution in [0.1, 0.15) is 31.9 Å². The Bertz CT molecular complexity index is 1090. The molecule has 154 valence electrons. The number of aromatic nitrogens is 1. The van der Waals surface area contributed by atoms with Gasteiger partial charge in [-0.15, -0.1) is 0 Å². The Labute approximate surface area is 184 Å². The van der Waals surface area contributed by atoms with Gasteiger partial charge in [0.15, 0.2) is 5.78 Å². The van der Waals surface area contributed by atoms with E-state index in [0.29, 0.717) is 16.3 Å². The summed E-state index contributed by atoms with van der Waals surface area (Å²) in [6, 6.07) is 13.2. The zero-order chi connectivity index (χ0) is 21.9. The molecule has 0 amide bonds. The van der Waals surface area contributed by atoms with E-state index in [1.807, 2.05) is 0 Å². The van der Waals surface area contributed by atoms with E-state index in [1.165, 1.54) is 0 Å². The number of halogens is 4. The number of carbonyl (C=O) groups excluding carboxylic acids is 1. The van der Waals surface area contributed by atoms with Crippen LogP contribution >= 0.6 is 28.1 Å². The Kier molecular flexibility index (Phi) is 6.52. The number of fused-ring (bicyclic) bond motifs is 2. The molecular formula is C21H14BrF3N2O2S. The van der Waals surface area contributed by atoms with E-state index in [-0.39, 0.29) is 17.1 Å². The Morgan fingerprint density at radius 3 is 2.33 bits per heavy atom. The van der Waals surface area contributed by atoms with Crippen molar-refractivity contribution in [3.05, 3.63) is 89.2 Å². The molecule has 9 heteroatoms. The van der Waals surface area contributed by atoms with Crippen molar-refractivity contribution in [2.45, 2.75) is 11.0 Å². The number of nitrogens with zero attached hydrogens (tertiary/aromatic N) is 1. The second-order valence-corrected chi connectivity index (χ2v) is 7.53. The number of ether oxygens (including phenoxy) is 1. The first-order valence-corrected chi connectivity index (χ1v) is 9.87. The molecule has 0 radical (unpaired) electrons. The molecule has 4 rings (SSSR count). The van der Waals surface area contributed by atoms with Crippen LogP contribution in [0.2, 0.25) is 0 Å². The van der Waals surface area contributed by atoms with Gasteiger partial charge < -0.3 is 10.5 Å². The number of thiocarbonyl (C=S) groups is 1. The molecule has 0 saturated heterocycles. The molecule has 0 spiro atoms. The first kappa shape index (κ1) is 21.9. The van der Waals surface area contributed by atoms with Crippen LogP contribution in [-0.2, 0) is 6.18 Å². The number of pyridine rings is 1. The van der Waals surface area contributed by atoms with Gasteiger partial charge in [-0.2, -0.15) is 13.2 Å². The van der Waals surface area contributed by atoms with Crippen molar-refractivity contribution >= 4 is 38.9 Å². The Morgan fingerprint density at radius 1 is 1.07 bits per heavy atom. The lowest BCUT2D eigenvalue weighted by Crippen LogP contribution is -2.08. The number of benzene rings is 2. The highest BCUT2D eigenvalue weighted by Gasteiger charge is 2.34. The number of rotatable bonds is 1. The normalized spacial score (nSPS) is 14.9. The largest absolute Gasteiger partial charge is 0.456 e. The Morgan fingerprint density at radius 2 is 1.73 bits per heavy atom. The molecule has 2 heterocycles. The molecule has 2 aromatic carbocycles. The average Bonchev–Trinajstić information content (AvgIpc) is 2.83. The third-order valence-electron chi connectivity index (χ3n) is 4.18. The fourth-order valence-corrected chi connectivity index (χ4v) is 3.44. The molecule has 1 aromatic heterocycles. The monoisotopic (exact) mass is 494 g/mol. The summed E-state index contributed by atoms with van der Waals surface area (Å²) in [4.78, 5) is 15.9. The lowest BCUT2D eigenvalue weighted by Gasteiger charge is -2.11. The highest BCUT2D eigenvalue weighted by molar-refractivity contribution is 9.09. The predicted octanol–water partition coefficient (Wildman–Crippen LogP) is 5.85. The third kappa shape index (κ3) is 4.85. The smallest absolute Gasteiger partial charge is 0.416 e. The lowest BCUT2D eigenvalue weighted by molar-refractivity contribution is -0.137. The van der Waals surface area contributed by atoms with Crippen LogP contribution in [0, 0.1) is 0 Å². The van der Waals surface area contributed by atoms with E-state index in [0.717, 1.165) is 23.8 Å². The van der Waals surface area contributed by atoms with Gasteiger partial charge in [-0.25, -0.2) is 0 Å². The maximum absolute atomic E-state index is 12.8. The van der Waals surface area contributed by atoms with Crippen LogP contribution in [0.3, 0.4) is 0 Å². The maximum atomic E-state index is 12.8. The number of hydrogen-bond acceptors (Lipinski definition) is 4. The van der Waals surface area contributed by atoms with Crippen molar-refractivity contribution in [3.63, 3.8) is 0 Å². The molecule has 1 unspecified atom stereocenters. The van der Waals surface area contributed by atoms with Crippen molar-refractivity contribution in [1.29, 1.82) is 0 Å². The first-order valence-electron chi connectivity index (χ1n) is 8.54. The van der Waals surface area contributed by atoms with Crippen molar-refractivity contribution in [2.75, 3.05) is 0 Å². The highest BCUT2D eigenvalue weighted by Crippen LogP contribution is 2.43. The summed E-state index contributed by atoms with van der Waals surface area (Å²) in [5.41, 5.74) is 6.05. The molecule has 0 aliphatic carbocycles. The first-order chi connectivity index (χ1) is 14.2. The molecule has 0 fully saturated rings. The number of alkyl halides is 4. The highest BCUT2D eigenvalue weighted by atomic mass is 79.9. The van der Waals surface area contributed by atoms with Crippen molar-refractivity contribution in [2.24, 2.45) is 5.73 Å². The lowest BCUT2D eigenvalue weighted by atomic mass is 10.0. The van der Waals surface area contributed by atoms with Gasteiger partial charge in [-0.3, -0.25) is 9.78 Å². The Hall–Kier alpha value is -2.78. The summed E-state index contributed by atoms with van der Waals surface area (Å²) in [6.45, 7) is 0. The van der Waals surface area contributed by atoms with E-state index in [2.05, 4.69) is 20.9 Å². The number of hydrogen-bond donors (Lipinski definition) is 1. The van der Waals surface area contributed by atoms with Crippen LogP contribution in [0.4, 0.5) is 13.2 Å². The average molecular weight is 495 g/mol. The third-order valence-corrected chi connectivity index (χ3v) is 5.33. The maximum Gasteiger partial charge on any atom is 0.416 e. The summed E-state index contributed by atoms with van der Waals surface area (Å²) < 4.78 is 43.9. The van der Waals surface area contributed by atoms with Gasteiger partial charge in [0.05, 0.1) is 11.1 Å². The topological polar surface area (TPSA) is 65.2 Å². The van der Waals surface area contributed by atoms with E-state index >= 15 is 0 Å². The number of Topliss-reactive ketones (excluding diaryl/α,β-unsaturated/α-hetero) is 1. The number of ketones is 1. The summed E-state index contributed by atoms with van der Waals surface area (Å²) in [6.07, 6.45) is -1.16. The fourth-order valence-electron chi connectivity index (χ4n) is 2.68. The molecule has 30 heavy (non-hydrogen) atoms. The zero-order valence-electron chi connectivity index (χ0n) is 15.2. The molecular weight excluding hydrogens is 481 g/mol. The molecule has 0 bridgehead atoms. The van der Waals surface area contributed by atoms with E-state index in [1.54, 1.807) is 48.8 Å². The minimum Gasteiger partial charge on any atom is -0.456 e. The second-order valence-electron chi connectivity index (χ2n) is 6.18. The van der Waals surface area contributed by atoms with Gasteiger partial charge >= 0.3 is 6.18 Å². The van der Waals surface area contributed by atoms with Crippen LogP contribution in [0.5, 0.6) is 11.5 Å². The van der Waals surface area contributed by atoms with Crippen molar-refractivity contribution in [3.8, 4) is 11.5 Å². The van der Waals surface area contributed by atoms with Gasteiger partial charge in [-0.1, -0.05) is 46.3 Å². The summed E-state index contributed by atoms with van der Waals surface area (Å²) in [7, 11) is 0. The number of nitrogens with two attached hydrogens (primary N) is 1. The minimum absolute atomic E-state index is 0.0794. The molecule has 1 aliphatic heterocycles. The quantitative estimate of drug-likeness (QED) is 0.339. The molecule has 1 aliphatic rings. The number of carbonyl (C=O) groups is 1. The Balaban J connectivity index is 0.000000239. The minimum atomic E-state index is -4.49. The van der Waals surface area contributed by atoms with Gasteiger partial charge in [0.25, 0.3) is 0 Å². The van der Waals surface area contributed by atoms with Crippen molar-refractivity contribution in [1.82, 2.24) is 4.98 Å². The van der Waals surface area contributed by atoms with Crippen LogP contribution in [0.15, 0.2) is 67.0 Å². The summed E-state index contributed by atoms with van der Waals surface area (Å²) in [5, 5.41) is 0. The summed E-state index contributed by atoms with van der Waals surface area (Å²) in [5.74, 6) is -0.0429. The SMILES string of the molecule is NC(=S)c1ccncc1.O=C1c2ccc(C(F)(F)F)cc2Oc2ccccc2C1Br. The van der Waals surface area contributed by atoms with Gasteiger partial charge in [0.1, 0.15) is 21.3 Å². The number of para-hydroxylation sites is 1. The zero-order valence-corrected chi connectivity index (χ0v) is 17.6. The van der Waals surface area contributed by atoms with Crippen LogP contribution < -0.4 is 10.5 Å². The van der Waals surface area contributed by atoms with Gasteiger partial charge in [0, 0.05) is 23.5 Å².